The molecule has 0 aliphatic rings. The van der Waals surface area contributed by atoms with Crippen LogP contribution in [0.1, 0.15) is 17.5 Å². The maximum absolute atomic E-state index is 13.4. The Labute approximate surface area is 180 Å². The number of benzene rings is 2. The monoisotopic (exact) mass is 458 g/mol. The summed E-state index contributed by atoms with van der Waals surface area (Å²) in [6.07, 6.45) is -0.806. The van der Waals surface area contributed by atoms with Gasteiger partial charge in [-0.2, -0.15) is 0 Å². The van der Waals surface area contributed by atoms with Crippen LogP contribution >= 0.6 is 23.2 Å². The number of carboxylic acids is 2. The molecule has 1 heterocycles. The third kappa shape index (κ3) is 8.18. The van der Waals surface area contributed by atoms with Crippen molar-refractivity contribution in [3.8, 4) is 0 Å². The number of hydrogen-bond acceptors (Lipinski definition) is 4. The minimum absolute atomic E-state index is 0.199. The zero-order valence-electron chi connectivity index (χ0n) is 15.9. The highest BCUT2D eigenvalue weighted by molar-refractivity contribution is 6.37. The SMILES string of the molecule is Cc1cc(F)c2nc(Cl)cc(Cl)c2c1.Cc1ccc(N)c(F)c1.O=C(O)CC(=O)O. The van der Waals surface area contributed by atoms with Gasteiger partial charge in [0.1, 0.15) is 28.7 Å². The number of anilines is 1. The predicted octanol–water partition coefficient (Wildman–Crippen LogP) is 5.25. The van der Waals surface area contributed by atoms with E-state index in [9.17, 15) is 18.4 Å². The molecule has 0 atom stereocenters. The molecule has 0 radical (unpaired) electrons. The summed E-state index contributed by atoms with van der Waals surface area (Å²) in [7, 11) is 0. The smallest absolute Gasteiger partial charge is 0.314 e. The van der Waals surface area contributed by atoms with E-state index in [4.69, 9.17) is 39.1 Å². The van der Waals surface area contributed by atoms with Crippen LogP contribution in [0.2, 0.25) is 10.2 Å². The molecule has 0 fully saturated rings. The van der Waals surface area contributed by atoms with Gasteiger partial charge in [0.15, 0.2) is 0 Å². The molecule has 0 saturated heterocycles. The molecule has 0 amide bonds. The number of halogens is 4. The second-order valence-corrected chi connectivity index (χ2v) is 6.85. The number of aliphatic carboxylic acids is 2. The lowest BCUT2D eigenvalue weighted by Gasteiger charge is -2.03. The van der Waals surface area contributed by atoms with Gasteiger partial charge < -0.3 is 15.9 Å². The maximum Gasteiger partial charge on any atom is 0.314 e. The Morgan fingerprint density at radius 3 is 2.00 bits per heavy atom. The van der Waals surface area contributed by atoms with Gasteiger partial charge in [0.05, 0.1) is 10.7 Å². The van der Waals surface area contributed by atoms with Crippen molar-refractivity contribution in [3.05, 3.63) is 69.3 Å². The Kier molecular flexibility index (Phi) is 9.42. The van der Waals surface area contributed by atoms with E-state index in [2.05, 4.69) is 4.98 Å². The molecule has 10 heteroatoms. The van der Waals surface area contributed by atoms with Crippen molar-refractivity contribution in [2.45, 2.75) is 20.3 Å². The molecule has 0 unspecified atom stereocenters. The number of nitrogens with zero attached hydrogens (tertiary/aromatic N) is 1. The first-order valence-corrected chi connectivity index (χ1v) is 9.03. The van der Waals surface area contributed by atoms with Crippen LogP contribution in [0.4, 0.5) is 14.5 Å². The largest absolute Gasteiger partial charge is 0.481 e. The fourth-order valence-electron chi connectivity index (χ4n) is 2.11. The third-order valence-electron chi connectivity index (χ3n) is 3.39. The second kappa shape index (κ2) is 11.3. The van der Waals surface area contributed by atoms with Crippen LogP contribution in [0, 0.1) is 25.5 Å². The number of fused-ring (bicyclic) bond motifs is 1. The van der Waals surface area contributed by atoms with Gasteiger partial charge in [-0.15, -0.1) is 0 Å². The molecule has 0 saturated carbocycles. The minimum Gasteiger partial charge on any atom is -0.481 e. The Morgan fingerprint density at radius 1 is 0.967 bits per heavy atom. The molecule has 4 N–H and O–H groups in total. The summed E-state index contributed by atoms with van der Waals surface area (Å²) in [5.74, 6) is -3.36. The Morgan fingerprint density at radius 2 is 1.53 bits per heavy atom. The zero-order chi connectivity index (χ0) is 23.0. The lowest BCUT2D eigenvalue weighted by Crippen LogP contribution is -2.03. The highest BCUT2D eigenvalue weighted by Crippen LogP contribution is 2.27. The van der Waals surface area contributed by atoms with E-state index in [-0.39, 0.29) is 22.2 Å². The lowest BCUT2D eigenvalue weighted by atomic mass is 10.1. The fourth-order valence-corrected chi connectivity index (χ4v) is 2.61. The highest BCUT2D eigenvalue weighted by Gasteiger charge is 2.08. The fraction of sp³-hybridized carbons (Fsp3) is 0.150. The van der Waals surface area contributed by atoms with E-state index in [0.717, 1.165) is 11.1 Å². The van der Waals surface area contributed by atoms with Gasteiger partial charge in [0.25, 0.3) is 0 Å². The molecule has 0 aliphatic carbocycles. The first kappa shape index (κ1) is 25.1. The number of aromatic nitrogens is 1. The van der Waals surface area contributed by atoms with E-state index in [1.807, 2.05) is 6.92 Å². The average molecular weight is 459 g/mol. The number of aryl methyl sites for hydroxylation is 2. The number of carboxylic acid groups (broad SMARTS) is 2. The first-order valence-electron chi connectivity index (χ1n) is 8.27. The van der Waals surface area contributed by atoms with Crippen molar-refractivity contribution in [2.24, 2.45) is 0 Å². The molecule has 160 valence electrons. The van der Waals surface area contributed by atoms with Crippen LogP contribution in [-0.2, 0) is 9.59 Å². The lowest BCUT2D eigenvalue weighted by molar-refractivity contribution is -0.147. The van der Waals surface area contributed by atoms with E-state index >= 15 is 0 Å². The second-order valence-electron chi connectivity index (χ2n) is 6.06. The summed E-state index contributed by atoms with van der Waals surface area (Å²) >= 11 is 11.6. The number of carbonyl (C=O) groups is 2. The molecular formula is C20H18Cl2F2N2O4. The van der Waals surface area contributed by atoms with Crippen LogP contribution in [0.25, 0.3) is 10.9 Å². The van der Waals surface area contributed by atoms with Crippen LogP contribution < -0.4 is 5.73 Å². The van der Waals surface area contributed by atoms with Gasteiger partial charge in [0.2, 0.25) is 0 Å². The minimum atomic E-state index is -1.31. The topological polar surface area (TPSA) is 114 Å². The van der Waals surface area contributed by atoms with E-state index in [0.29, 0.717) is 10.4 Å². The van der Waals surface area contributed by atoms with Crippen LogP contribution in [0.3, 0.4) is 0 Å². The molecule has 1 aromatic heterocycles. The quantitative estimate of drug-likeness (QED) is 0.274. The molecule has 3 rings (SSSR count). The molecular weight excluding hydrogens is 441 g/mol. The molecule has 6 nitrogen and oxygen atoms in total. The maximum atomic E-state index is 13.4. The van der Waals surface area contributed by atoms with Gasteiger partial charge in [-0.05, 0) is 55.3 Å². The third-order valence-corrected chi connectivity index (χ3v) is 3.89. The summed E-state index contributed by atoms with van der Waals surface area (Å²) < 4.78 is 25.9. The summed E-state index contributed by atoms with van der Waals surface area (Å²) in [6.45, 7) is 3.62. The first-order chi connectivity index (χ1) is 13.9. The average Bonchev–Trinajstić information content (AvgIpc) is 2.59. The van der Waals surface area contributed by atoms with Crippen LogP contribution in [0.5, 0.6) is 0 Å². The molecule has 2 aromatic carbocycles. The van der Waals surface area contributed by atoms with Gasteiger partial charge in [0, 0.05) is 5.39 Å². The van der Waals surface area contributed by atoms with E-state index < -0.39 is 24.2 Å². The number of nitrogen functional groups attached to an aromatic ring is 1. The molecule has 0 bridgehead atoms. The number of hydrogen-bond donors (Lipinski definition) is 3. The number of pyridine rings is 1. The van der Waals surface area contributed by atoms with Crippen LogP contribution in [0.15, 0.2) is 36.4 Å². The molecule has 3 aromatic rings. The van der Waals surface area contributed by atoms with Crippen molar-refractivity contribution < 1.29 is 28.6 Å². The zero-order valence-corrected chi connectivity index (χ0v) is 17.4. The van der Waals surface area contributed by atoms with Crippen molar-refractivity contribution in [1.29, 1.82) is 0 Å². The Balaban J connectivity index is 0.000000244. The predicted molar refractivity (Wildman–Crippen MR) is 112 cm³/mol. The Hall–Kier alpha value is -2.97. The van der Waals surface area contributed by atoms with Crippen LogP contribution in [-0.4, -0.2) is 27.1 Å². The Bertz CT molecular complexity index is 1020. The highest BCUT2D eigenvalue weighted by atomic mass is 35.5. The van der Waals surface area contributed by atoms with Crippen molar-refractivity contribution >= 4 is 51.7 Å². The van der Waals surface area contributed by atoms with Gasteiger partial charge >= 0.3 is 11.9 Å². The molecule has 0 aliphatic heterocycles. The standard InChI is InChI=1S/C10H6Cl2FN.C7H8FN.C3H4O4/c1-5-2-6-7(11)4-9(12)14-10(6)8(13)3-5;1-5-2-3-7(9)6(8)4-5;4-2(5)1-3(6)7/h2-4H,1H3;2-4H,9H2,1H3;1H2,(H,4,5)(H,6,7). The molecule has 0 spiro atoms. The van der Waals surface area contributed by atoms with Crippen molar-refractivity contribution in [2.75, 3.05) is 5.73 Å². The van der Waals surface area contributed by atoms with Crippen molar-refractivity contribution in [1.82, 2.24) is 4.98 Å². The van der Waals surface area contributed by atoms with E-state index in [1.54, 1.807) is 25.1 Å². The molecule has 30 heavy (non-hydrogen) atoms. The van der Waals surface area contributed by atoms with Gasteiger partial charge in [-0.1, -0.05) is 29.3 Å². The summed E-state index contributed by atoms with van der Waals surface area (Å²) in [6, 6.07) is 9.44. The van der Waals surface area contributed by atoms with E-state index in [1.165, 1.54) is 18.2 Å². The normalized spacial score (nSPS) is 9.80. The van der Waals surface area contributed by atoms with Gasteiger partial charge in [-0.25, -0.2) is 13.8 Å². The summed E-state index contributed by atoms with van der Waals surface area (Å²) in [5.41, 5.74) is 7.34. The number of rotatable bonds is 2. The number of nitrogens with two attached hydrogens (primary N) is 1. The van der Waals surface area contributed by atoms with Gasteiger partial charge in [-0.3, -0.25) is 9.59 Å². The summed E-state index contributed by atoms with van der Waals surface area (Å²) in [4.78, 5) is 22.7. The summed E-state index contributed by atoms with van der Waals surface area (Å²) in [5, 5.41) is 16.6. The van der Waals surface area contributed by atoms with Crippen molar-refractivity contribution in [3.63, 3.8) is 0 Å².